The molecule has 0 saturated carbocycles. The standard InChI is InChI=1S/C14H22N2S/c1-10(2)12(9-15)7-11-3-4-13-14(8-11)17-6-5-16-13/h3-4,8,10,12,16H,5-7,9,15H2,1-2H3. The van der Waals surface area contributed by atoms with Gasteiger partial charge in [0.1, 0.15) is 0 Å². The summed E-state index contributed by atoms with van der Waals surface area (Å²) in [6, 6.07) is 6.78. The van der Waals surface area contributed by atoms with Crippen molar-refractivity contribution in [1.29, 1.82) is 0 Å². The monoisotopic (exact) mass is 250 g/mol. The lowest BCUT2D eigenvalue weighted by Crippen LogP contribution is -2.22. The smallest absolute Gasteiger partial charge is 0.0478 e. The van der Waals surface area contributed by atoms with Gasteiger partial charge < -0.3 is 11.1 Å². The van der Waals surface area contributed by atoms with Crippen LogP contribution in [0.3, 0.4) is 0 Å². The average Bonchev–Trinajstić information content (AvgIpc) is 2.35. The molecule has 0 saturated heterocycles. The third-order valence-electron chi connectivity index (χ3n) is 3.46. The molecule has 2 nitrogen and oxygen atoms in total. The summed E-state index contributed by atoms with van der Waals surface area (Å²) >= 11 is 1.95. The second-order valence-corrected chi connectivity index (χ2v) is 6.19. The number of benzene rings is 1. The van der Waals surface area contributed by atoms with Crippen molar-refractivity contribution in [3.63, 3.8) is 0 Å². The van der Waals surface area contributed by atoms with Gasteiger partial charge in [-0.1, -0.05) is 19.9 Å². The summed E-state index contributed by atoms with van der Waals surface area (Å²) in [5.74, 6) is 2.41. The van der Waals surface area contributed by atoms with Gasteiger partial charge in [0.25, 0.3) is 0 Å². The predicted molar refractivity (Wildman–Crippen MR) is 76.7 cm³/mol. The quantitative estimate of drug-likeness (QED) is 0.863. The van der Waals surface area contributed by atoms with Crippen LogP contribution in [0.2, 0.25) is 0 Å². The second kappa shape index (κ2) is 5.78. The first-order valence-electron chi connectivity index (χ1n) is 6.40. The van der Waals surface area contributed by atoms with Gasteiger partial charge in [-0.2, -0.15) is 0 Å². The van der Waals surface area contributed by atoms with E-state index in [4.69, 9.17) is 5.73 Å². The summed E-state index contributed by atoms with van der Waals surface area (Å²) in [7, 11) is 0. The molecule has 94 valence electrons. The van der Waals surface area contributed by atoms with Gasteiger partial charge in [-0.15, -0.1) is 11.8 Å². The van der Waals surface area contributed by atoms with Gasteiger partial charge >= 0.3 is 0 Å². The van der Waals surface area contributed by atoms with Gasteiger partial charge in [-0.3, -0.25) is 0 Å². The number of anilines is 1. The molecule has 0 radical (unpaired) electrons. The molecule has 2 rings (SSSR count). The van der Waals surface area contributed by atoms with Crippen LogP contribution < -0.4 is 11.1 Å². The summed E-state index contributed by atoms with van der Waals surface area (Å²) in [4.78, 5) is 1.40. The first kappa shape index (κ1) is 12.8. The molecule has 17 heavy (non-hydrogen) atoms. The number of nitrogens with two attached hydrogens (primary N) is 1. The van der Waals surface area contributed by atoms with E-state index in [0.29, 0.717) is 11.8 Å². The van der Waals surface area contributed by atoms with Crippen LogP contribution in [-0.2, 0) is 6.42 Å². The van der Waals surface area contributed by atoms with E-state index in [9.17, 15) is 0 Å². The largest absolute Gasteiger partial charge is 0.383 e. The van der Waals surface area contributed by atoms with E-state index in [2.05, 4.69) is 37.4 Å². The Kier molecular flexibility index (Phi) is 4.35. The maximum Gasteiger partial charge on any atom is 0.0478 e. The third-order valence-corrected chi connectivity index (χ3v) is 4.52. The van der Waals surface area contributed by atoms with Gasteiger partial charge in [0.15, 0.2) is 0 Å². The minimum absolute atomic E-state index is 0.592. The molecule has 0 aliphatic carbocycles. The molecule has 1 aliphatic heterocycles. The second-order valence-electron chi connectivity index (χ2n) is 5.05. The number of hydrogen-bond donors (Lipinski definition) is 2. The number of fused-ring (bicyclic) bond motifs is 1. The van der Waals surface area contributed by atoms with E-state index in [1.54, 1.807) is 0 Å². The Hall–Kier alpha value is -0.670. The van der Waals surface area contributed by atoms with E-state index in [1.165, 1.54) is 21.9 Å². The first-order valence-corrected chi connectivity index (χ1v) is 7.39. The summed E-state index contributed by atoms with van der Waals surface area (Å²) in [6.45, 7) is 6.37. The van der Waals surface area contributed by atoms with Crippen molar-refractivity contribution in [1.82, 2.24) is 0 Å². The van der Waals surface area contributed by atoms with Gasteiger partial charge in [-0.25, -0.2) is 0 Å². The summed E-state index contributed by atoms with van der Waals surface area (Å²) in [5.41, 5.74) is 8.55. The molecule has 0 amide bonds. The minimum Gasteiger partial charge on any atom is -0.383 e. The zero-order chi connectivity index (χ0) is 12.3. The molecule has 1 unspecified atom stereocenters. The average molecular weight is 250 g/mol. The summed E-state index contributed by atoms with van der Waals surface area (Å²) < 4.78 is 0. The van der Waals surface area contributed by atoms with Crippen LogP contribution in [0.5, 0.6) is 0 Å². The molecule has 0 fully saturated rings. The Morgan fingerprint density at radius 2 is 2.24 bits per heavy atom. The summed E-state index contributed by atoms with van der Waals surface area (Å²) in [5, 5.41) is 3.43. The Labute approximate surface area is 108 Å². The van der Waals surface area contributed by atoms with E-state index >= 15 is 0 Å². The fourth-order valence-corrected chi connectivity index (χ4v) is 3.15. The molecule has 1 aromatic carbocycles. The molecule has 1 aliphatic rings. The van der Waals surface area contributed by atoms with Crippen molar-refractivity contribution < 1.29 is 0 Å². The lowest BCUT2D eigenvalue weighted by atomic mass is 9.89. The number of thioether (sulfide) groups is 1. The van der Waals surface area contributed by atoms with Gasteiger partial charge in [0.05, 0.1) is 0 Å². The van der Waals surface area contributed by atoms with Crippen LogP contribution in [-0.4, -0.2) is 18.8 Å². The lowest BCUT2D eigenvalue weighted by molar-refractivity contribution is 0.392. The maximum absolute atomic E-state index is 5.84. The minimum atomic E-state index is 0.592. The van der Waals surface area contributed by atoms with E-state index in [0.717, 1.165) is 19.5 Å². The highest BCUT2D eigenvalue weighted by Crippen LogP contribution is 2.32. The fraction of sp³-hybridized carbons (Fsp3) is 0.571. The highest BCUT2D eigenvalue weighted by molar-refractivity contribution is 7.99. The predicted octanol–water partition coefficient (Wildman–Crippen LogP) is 2.98. The van der Waals surface area contributed by atoms with Gasteiger partial charge in [0.2, 0.25) is 0 Å². The Morgan fingerprint density at radius 1 is 1.41 bits per heavy atom. The molecule has 3 N–H and O–H groups in total. The van der Waals surface area contributed by atoms with Gasteiger partial charge in [0, 0.05) is 22.9 Å². The van der Waals surface area contributed by atoms with Gasteiger partial charge in [-0.05, 0) is 42.5 Å². The van der Waals surface area contributed by atoms with Crippen molar-refractivity contribution >= 4 is 17.4 Å². The van der Waals surface area contributed by atoms with Crippen molar-refractivity contribution in [2.45, 2.75) is 25.2 Å². The lowest BCUT2D eigenvalue weighted by Gasteiger charge is -2.21. The Morgan fingerprint density at radius 3 is 2.94 bits per heavy atom. The van der Waals surface area contributed by atoms with Crippen LogP contribution in [0.25, 0.3) is 0 Å². The van der Waals surface area contributed by atoms with Crippen LogP contribution in [0.1, 0.15) is 19.4 Å². The zero-order valence-corrected chi connectivity index (χ0v) is 11.5. The van der Waals surface area contributed by atoms with Crippen LogP contribution in [0.4, 0.5) is 5.69 Å². The molecule has 1 atom stereocenters. The van der Waals surface area contributed by atoms with E-state index in [-0.39, 0.29) is 0 Å². The zero-order valence-electron chi connectivity index (χ0n) is 10.7. The van der Waals surface area contributed by atoms with E-state index < -0.39 is 0 Å². The molecule has 1 heterocycles. The SMILES string of the molecule is CC(C)C(CN)Cc1ccc2c(c1)SCCN2. The molecule has 0 aromatic heterocycles. The highest BCUT2D eigenvalue weighted by Gasteiger charge is 2.14. The molecular formula is C14H22N2S. The fourth-order valence-electron chi connectivity index (χ4n) is 2.20. The van der Waals surface area contributed by atoms with Crippen molar-refractivity contribution in [3.8, 4) is 0 Å². The number of rotatable bonds is 4. The third kappa shape index (κ3) is 3.17. The highest BCUT2D eigenvalue weighted by atomic mass is 32.2. The van der Waals surface area contributed by atoms with E-state index in [1.807, 2.05) is 11.8 Å². The Bertz CT molecular complexity index is 376. The first-order chi connectivity index (χ1) is 8.20. The van der Waals surface area contributed by atoms with Crippen molar-refractivity contribution in [3.05, 3.63) is 23.8 Å². The molecule has 1 aromatic rings. The molecule has 3 heteroatoms. The maximum atomic E-state index is 5.84. The normalized spacial score (nSPS) is 16.5. The molecule has 0 spiro atoms. The van der Waals surface area contributed by atoms with Crippen molar-refractivity contribution in [2.24, 2.45) is 17.6 Å². The number of nitrogens with one attached hydrogen (secondary N) is 1. The van der Waals surface area contributed by atoms with Crippen LogP contribution >= 0.6 is 11.8 Å². The number of hydrogen-bond acceptors (Lipinski definition) is 3. The van der Waals surface area contributed by atoms with Crippen LogP contribution in [0.15, 0.2) is 23.1 Å². The molecule has 0 bridgehead atoms. The summed E-state index contributed by atoms with van der Waals surface area (Å²) in [6.07, 6.45) is 1.10. The Balaban J connectivity index is 2.11. The topological polar surface area (TPSA) is 38.0 Å². The van der Waals surface area contributed by atoms with Crippen LogP contribution in [0, 0.1) is 11.8 Å². The van der Waals surface area contributed by atoms with Crippen molar-refractivity contribution in [2.75, 3.05) is 24.2 Å². The molecular weight excluding hydrogens is 228 g/mol.